The third-order valence-corrected chi connectivity index (χ3v) is 4.57. The van der Waals surface area contributed by atoms with Gasteiger partial charge in [0.25, 0.3) is 0 Å². The highest BCUT2D eigenvalue weighted by atomic mass is 32.2. The number of hydrogen-bond donors (Lipinski definition) is 0. The fraction of sp³-hybridized carbons (Fsp3) is 0.500. The van der Waals surface area contributed by atoms with E-state index in [1.54, 1.807) is 7.11 Å². The van der Waals surface area contributed by atoms with Gasteiger partial charge in [-0.3, -0.25) is 9.00 Å². The van der Waals surface area contributed by atoms with Crippen LogP contribution in [0.1, 0.15) is 12.0 Å². The molecule has 4 nitrogen and oxygen atoms in total. The predicted octanol–water partition coefficient (Wildman–Crippen LogP) is 1.22. The molecule has 1 amide bonds. The monoisotopic (exact) mass is 281 g/mol. The zero-order valence-electron chi connectivity index (χ0n) is 11.1. The van der Waals surface area contributed by atoms with Gasteiger partial charge in [-0.2, -0.15) is 0 Å². The molecule has 5 heteroatoms. The summed E-state index contributed by atoms with van der Waals surface area (Å²) in [6.07, 6.45) is 1.22. The molecule has 1 aromatic rings. The van der Waals surface area contributed by atoms with E-state index >= 15 is 0 Å². The number of hydrogen-bond acceptors (Lipinski definition) is 3. The maximum absolute atomic E-state index is 12.0. The molecule has 0 atom stereocenters. The van der Waals surface area contributed by atoms with Crippen molar-refractivity contribution in [3.05, 3.63) is 29.8 Å². The van der Waals surface area contributed by atoms with Crippen LogP contribution in [-0.2, 0) is 22.0 Å². The molecular weight excluding hydrogens is 262 g/mol. The summed E-state index contributed by atoms with van der Waals surface area (Å²) in [6, 6.07) is 7.79. The van der Waals surface area contributed by atoms with Crippen molar-refractivity contribution in [2.45, 2.75) is 12.8 Å². The maximum Gasteiger partial charge on any atom is 0.222 e. The van der Waals surface area contributed by atoms with E-state index in [0.717, 1.165) is 17.7 Å². The van der Waals surface area contributed by atoms with Gasteiger partial charge >= 0.3 is 0 Å². The number of nitrogens with zero attached hydrogens (tertiary/aromatic N) is 1. The predicted molar refractivity (Wildman–Crippen MR) is 75.8 cm³/mol. The molecule has 0 bridgehead atoms. The Hall–Kier alpha value is -1.36. The third kappa shape index (κ3) is 4.06. The Kier molecular flexibility index (Phi) is 4.96. The van der Waals surface area contributed by atoms with Crippen molar-refractivity contribution in [2.24, 2.45) is 0 Å². The Labute approximate surface area is 116 Å². The van der Waals surface area contributed by atoms with E-state index < -0.39 is 10.8 Å². The summed E-state index contributed by atoms with van der Waals surface area (Å²) in [6.45, 7) is 1.26. The van der Waals surface area contributed by atoms with Crippen molar-refractivity contribution >= 4 is 16.7 Å². The lowest BCUT2D eigenvalue weighted by Crippen LogP contribution is -2.41. The van der Waals surface area contributed by atoms with Gasteiger partial charge in [-0.1, -0.05) is 12.1 Å². The van der Waals surface area contributed by atoms with Gasteiger partial charge in [-0.25, -0.2) is 0 Å². The van der Waals surface area contributed by atoms with Crippen molar-refractivity contribution in [3.8, 4) is 5.75 Å². The topological polar surface area (TPSA) is 46.6 Å². The van der Waals surface area contributed by atoms with E-state index in [-0.39, 0.29) is 5.91 Å². The summed E-state index contributed by atoms with van der Waals surface area (Å²) in [5, 5.41) is 0. The largest absolute Gasteiger partial charge is 0.497 e. The average Bonchev–Trinajstić information content (AvgIpc) is 2.46. The molecule has 1 fully saturated rings. The first-order valence-corrected chi connectivity index (χ1v) is 7.93. The van der Waals surface area contributed by atoms with Crippen LogP contribution in [-0.4, -0.2) is 46.7 Å². The summed E-state index contributed by atoms with van der Waals surface area (Å²) in [7, 11) is 0.905. The number of methoxy groups -OCH3 is 1. The second kappa shape index (κ2) is 6.70. The molecular formula is C14H19NO3S. The van der Waals surface area contributed by atoms with Crippen molar-refractivity contribution in [1.29, 1.82) is 0 Å². The zero-order chi connectivity index (χ0) is 13.7. The molecule has 0 unspecified atom stereocenters. The Morgan fingerprint density at radius 1 is 1.37 bits per heavy atom. The van der Waals surface area contributed by atoms with Gasteiger partial charge in [-0.15, -0.1) is 0 Å². The Balaban J connectivity index is 1.84. The molecule has 0 aliphatic carbocycles. The van der Waals surface area contributed by atoms with Crippen LogP contribution in [0.4, 0.5) is 0 Å². The normalized spacial score (nSPS) is 16.4. The van der Waals surface area contributed by atoms with Gasteiger partial charge in [0.05, 0.1) is 7.11 Å². The number of carbonyl (C=O) groups is 1. The van der Waals surface area contributed by atoms with E-state index in [2.05, 4.69) is 0 Å². The van der Waals surface area contributed by atoms with E-state index in [0.29, 0.717) is 31.0 Å². The lowest BCUT2D eigenvalue weighted by Gasteiger charge is -2.26. The number of carbonyl (C=O) groups excluding carboxylic acids is 1. The Morgan fingerprint density at radius 3 is 2.79 bits per heavy atom. The van der Waals surface area contributed by atoms with Crippen LogP contribution < -0.4 is 4.74 Å². The van der Waals surface area contributed by atoms with Gasteiger partial charge in [0.15, 0.2) is 0 Å². The summed E-state index contributed by atoms with van der Waals surface area (Å²) in [5.74, 6) is 2.20. The van der Waals surface area contributed by atoms with Crippen LogP contribution in [0.2, 0.25) is 0 Å². The summed E-state index contributed by atoms with van der Waals surface area (Å²) >= 11 is 0. The molecule has 0 saturated carbocycles. The number of ether oxygens (including phenoxy) is 1. The van der Waals surface area contributed by atoms with E-state index in [4.69, 9.17) is 4.74 Å². The van der Waals surface area contributed by atoms with E-state index in [1.807, 2.05) is 29.2 Å². The van der Waals surface area contributed by atoms with E-state index in [9.17, 15) is 9.00 Å². The molecule has 0 N–H and O–H groups in total. The van der Waals surface area contributed by atoms with Crippen LogP contribution in [0.3, 0.4) is 0 Å². The third-order valence-electron chi connectivity index (χ3n) is 3.29. The minimum atomic E-state index is -0.732. The van der Waals surface area contributed by atoms with Crippen molar-refractivity contribution in [2.75, 3.05) is 31.7 Å². The molecule has 1 saturated heterocycles. The maximum atomic E-state index is 12.0. The minimum Gasteiger partial charge on any atom is -0.497 e. The molecule has 104 valence electrons. The molecule has 1 aromatic carbocycles. The molecule has 19 heavy (non-hydrogen) atoms. The first kappa shape index (κ1) is 14.1. The standard InChI is InChI=1S/C14H19NO3S/c1-18-13-4-2-3-12(11-13)5-6-14(16)15-7-9-19(17)10-8-15/h2-4,11H,5-10H2,1H3. The van der Waals surface area contributed by atoms with Gasteiger partial charge in [0.2, 0.25) is 5.91 Å². The smallest absolute Gasteiger partial charge is 0.222 e. The second-order valence-corrected chi connectivity index (χ2v) is 6.28. The summed E-state index contributed by atoms with van der Waals surface area (Å²) in [4.78, 5) is 13.8. The van der Waals surface area contributed by atoms with Crippen LogP contribution in [0.25, 0.3) is 0 Å². The average molecular weight is 281 g/mol. The molecule has 1 aliphatic heterocycles. The van der Waals surface area contributed by atoms with Gasteiger partial charge in [-0.05, 0) is 24.1 Å². The summed E-state index contributed by atoms with van der Waals surface area (Å²) in [5.41, 5.74) is 1.10. The number of amides is 1. The fourth-order valence-electron chi connectivity index (χ4n) is 2.12. The fourth-order valence-corrected chi connectivity index (χ4v) is 3.18. The number of rotatable bonds is 4. The van der Waals surface area contributed by atoms with Crippen molar-refractivity contribution in [1.82, 2.24) is 4.90 Å². The highest BCUT2D eigenvalue weighted by Crippen LogP contribution is 2.14. The van der Waals surface area contributed by atoms with Gasteiger partial charge in [0.1, 0.15) is 5.75 Å². The lowest BCUT2D eigenvalue weighted by atomic mass is 10.1. The zero-order valence-corrected chi connectivity index (χ0v) is 11.9. The van der Waals surface area contributed by atoms with Gasteiger partial charge in [0, 0.05) is 41.8 Å². The SMILES string of the molecule is COc1cccc(CCC(=O)N2CCS(=O)CC2)c1. The number of benzene rings is 1. The summed E-state index contributed by atoms with van der Waals surface area (Å²) < 4.78 is 16.4. The highest BCUT2D eigenvalue weighted by molar-refractivity contribution is 7.85. The quantitative estimate of drug-likeness (QED) is 0.833. The van der Waals surface area contributed by atoms with Crippen LogP contribution in [0.15, 0.2) is 24.3 Å². The Bertz CT molecular complexity index is 466. The molecule has 1 aliphatic rings. The molecule has 1 heterocycles. The second-order valence-electron chi connectivity index (χ2n) is 4.58. The van der Waals surface area contributed by atoms with Gasteiger partial charge < -0.3 is 9.64 Å². The van der Waals surface area contributed by atoms with Crippen molar-refractivity contribution < 1.29 is 13.7 Å². The molecule has 0 radical (unpaired) electrons. The Morgan fingerprint density at radius 2 is 2.11 bits per heavy atom. The van der Waals surface area contributed by atoms with Crippen LogP contribution >= 0.6 is 0 Å². The number of aryl methyl sites for hydroxylation is 1. The first-order valence-electron chi connectivity index (χ1n) is 6.45. The van der Waals surface area contributed by atoms with Crippen LogP contribution in [0.5, 0.6) is 5.75 Å². The van der Waals surface area contributed by atoms with Crippen molar-refractivity contribution in [3.63, 3.8) is 0 Å². The van der Waals surface area contributed by atoms with Crippen LogP contribution in [0, 0.1) is 0 Å². The molecule has 2 rings (SSSR count). The molecule has 0 spiro atoms. The first-order chi connectivity index (χ1) is 9.19. The van der Waals surface area contributed by atoms with E-state index in [1.165, 1.54) is 0 Å². The molecule has 0 aromatic heterocycles. The highest BCUT2D eigenvalue weighted by Gasteiger charge is 2.19. The lowest BCUT2D eigenvalue weighted by molar-refractivity contribution is -0.130. The minimum absolute atomic E-state index is 0.152.